The Morgan fingerprint density at radius 2 is 1.20 bits per heavy atom. The summed E-state index contributed by atoms with van der Waals surface area (Å²) in [5.41, 5.74) is 1.73. The van der Waals surface area contributed by atoms with Gasteiger partial charge in [0, 0.05) is 21.9 Å². The molecule has 0 amide bonds. The second-order valence-corrected chi connectivity index (χ2v) is 5.87. The topological polar surface area (TPSA) is 59.9 Å². The Balaban J connectivity index is 2.17. The van der Waals surface area contributed by atoms with E-state index < -0.39 is 0 Å². The number of aromatic nitrogens is 2. The quantitative estimate of drug-likeness (QED) is 0.569. The molecule has 0 saturated heterocycles. The summed E-state index contributed by atoms with van der Waals surface area (Å²) in [6.07, 6.45) is 0. The smallest absolute Gasteiger partial charge is 0.267 e. The van der Waals surface area contributed by atoms with E-state index in [9.17, 15) is 9.59 Å². The second-order valence-electron chi connectivity index (χ2n) is 4.31. The van der Waals surface area contributed by atoms with Crippen LogP contribution < -0.4 is 11.1 Å². The third-order valence-electron chi connectivity index (χ3n) is 3.17. The van der Waals surface area contributed by atoms with Crippen molar-refractivity contribution in [3.05, 3.63) is 64.8 Å². The first kappa shape index (κ1) is 11.6. The van der Waals surface area contributed by atoms with Crippen molar-refractivity contribution in [1.29, 1.82) is 0 Å². The summed E-state index contributed by atoms with van der Waals surface area (Å²) in [5, 5.41) is 8.21. The zero-order valence-corrected chi connectivity index (χ0v) is 11.6. The average molecular weight is 298 g/mol. The van der Waals surface area contributed by atoms with E-state index in [0.29, 0.717) is 21.8 Å². The zero-order valence-electron chi connectivity index (χ0n) is 9.99. The summed E-state index contributed by atoms with van der Waals surface area (Å²) in [7, 11) is 0. The third kappa shape index (κ3) is 1.52. The Bertz CT molecular complexity index is 941. The number of nitrogens with zero attached hydrogens (tertiary/aromatic N) is 2. The van der Waals surface area contributed by atoms with E-state index in [2.05, 4.69) is 9.97 Å². The molecular formula is C14H6N2O2S2. The average Bonchev–Trinajstić information content (AvgIpc) is 3.17. The lowest BCUT2D eigenvalue weighted by atomic mass is 10.2. The van der Waals surface area contributed by atoms with Crippen molar-refractivity contribution in [2.45, 2.75) is 0 Å². The minimum Gasteiger partial charge on any atom is -0.267 e. The number of thiophene rings is 2. The summed E-state index contributed by atoms with van der Waals surface area (Å²) in [5.74, 6) is 0. The standard InChI is InChI=1S/C14H6N2O2S2/c17-13-9-10(12(16-13)8-2-4-20-6-8)14(18)15-11(9)7-1-3-19-5-7/h1-6H. The van der Waals surface area contributed by atoms with Crippen LogP contribution >= 0.6 is 22.7 Å². The van der Waals surface area contributed by atoms with Crippen molar-refractivity contribution >= 4 is 22.7 Å². The molecule has 0 fully saturated rings. The van der Waals surface area contributed by atoms with Gasteiger partial charge in [-0.15, -0.1) is 0 Å². The van der Waals surface area contributed by atoms with Gasteiger partial charge in [0.15, 0.2) is 0 Å². The molecule has 4 heterocycles. The summed E-state index contributed by atoms with van der Waals surface area (Å²) >= 11 is 3.00. The van der Waals surface area contributed by atoms with Crippen LogP contribution in [0.5, 0.6) is 0 Å². The molecule has 4 nitrogen and oxygen atoms in total. The van der Waals surface area contributed by atoms with E-state index in [4.69, 9.17) is 0 Å². The molecule has 96 valence electrons. The molecule has 0 bridgehead atoms. The summed E-state index contributed by atoms with van der Waals surface area (Å²) in [6.45, 7) is 0. The number of hydrogen-bond donors (Lipinski definition) is 0. The first-order valence-electron chi connectivity index (χ1n) is 5.82. The van der Waals surface area contributed by atoms with Crippen molar-refractivity contribution in [3.63, 3.8) is 0 Å². The van der Waals surface area contributed by atoms with Crippen LogP contribution in [0.25, 0.3) is 22.5 Å². The lowest BCUT2D eigenvalue weighted by Gasteiger charge is -1.87. The Hall–Kier alpha value is -2.18. The molecule has 4 rings (SSSR count). The summed E-state index contributed by atoms with van der Waals surface area (Å²) in [6, 6.07) is 3.70. The third-order valence-corrected chi connectivity index (χ3v) is 4.53. The maximum atomic E-state index is 12.1. The predicted molar refractivity (Wildman–Crippen MR) is 78.9 cm³/mol. The largest absolute Gasteiger partial charge is 0.280 e. The molecule has 20 heavy (non-hydrogen) atoms. The lowest BCUT2D eigenvalue weighted by Crippen LogP contribution is -2.03. The van der Waals surface area contributed by atoms with Crippen molar-refractivity contribution < 1.29 is 0 Å². The number of hydrogen-bond acceptors (Lipinski definition) is 6. The van der Waals surface area contributed by atoms with Gasteiger partial charge in [0.2, 0.25) is 0 Å². The maximum absolute atomic E-state index is 12.1. The van der Waals surface area contributed by atoms with Crippen molar-refractivity contribution in [1.82, 2.24) is 9.97 Å². The van der Waals surface area contributed by atoms with Gasteiger partial charge in [0.05, 0.1) is 21.8 Å². The summed E-state index contributed by atoms with van der Waals surface area (Å²) in [4.78, 5) is 32.4. The Morgan fingerprint density at radius 3 is 1.55 bits per heavy atom. The normalized spacial score (nSPS) is 11.4. The van der Waals surface area contributed by atoms with Crippen LogP contribution in [0, 0.1) is 10.4 Å². The Morgan fingerprint density at radius 1 is 0.750 bits per heavy atom. The first-order valence-corrected chi connectivity index (χ1v) is 7.70. The molecule has 0 aromatic carbocycles. The number of rotatable bonds is 2. The fourth-order valence-electron chi connectivity index (χ4n) is 2.30. The minimum atomic E-state index is -0.378. The SMILES string of the molecule is O=c1nc(-c2ccsc2)c2c(=O)nc(-c3ccsc3)c1=2. The van der Waals surface area contributed by atoms with E-state index in [1.165, 1.54) is 22.7 Å². The monoisotopic (exact) mass is 298 g/mol. The highest BCUT2D eigenvalue weighted by Gasteiger charge is 2.19. The fourth-order valence-corrected chi connectivity index (χ4v) is 3.58. The van der Waals surface area contributed by atoms with Crippen LogP contribution in [-0.2, 0) is 0 Å². The Kier molecular flexibility index (Phi) is 2.42. The van der Waals surface area contributed by atoms with Crippen LogP contribution in [0.1, 0.15) is 0 Å². The highest BCUT2D eigenvalue weighted by molar-refractivity contribution is 7.08. The molecule has 0 aliphatic carbocycles. The lowest BCUT2D eigenvalue weighted by molar-refractivity contribution is 1.23. The maximum Gasteiger partial charge on any atom is 0.280 e. The van der Waals surface area contributed by atoms with Gasteiger partial charge in [0.1, 0.15) is 0 Å². The van der Waals surface area contributed by atoms with E-state index in [-0.39, 0.29) is 11.1 Å². The van der Waals surface area contributed by atoms with Gasteiger partial charge in [0.25, 0.3) is 11.1 Å². The van der Waals surface area contributed by atoms with Gasteiger partial charge in [-0.25, -0.2) is 9.97 Å². The van der Waals surface area contributed by atoms with Crippen LogP contribution in [0.15, 0.2) is 43.2 Å². The molecule has 2 aliphatic rings. The van der Waals surface area contributed by atoms with E-state index >= 15 is 0 Å². The molecule has 2 aromatic rings. The highest BCUT2D eigenvalue weighted by atomic mass is 32.1. The fraction of sp³-hybridized carbons (Fsp3) is 0. The Labute approximate surface area is 120 Å². The van der Waals surface area contributed by atoms with Gasteiger partial charge < -0.3 is 0 Å². The molecule has 2 aromatic heterocycles. The zero-order chi connectivity index (χ0) is 13.7. The minimum absolute atomic E-state index is 0.342. The molecule has 0 saturated carbocycles. The molecule has 2 aliphatic heterocycles. The molecule has 6 heteroatoms. The van der Waals surface area contributed by atoms with Gasteiger partial charge in [-0.2, -0.15) is 22.7 Å². The van der Waals surface area contributed by atoms with Crippen molar-refractivity contribution in [2.75, 3.05) is 0 Å². The van der Waals surface area contributed by atoms with E-state index in [0.717, 1.165) is 11.1 Å². The predicted octanol–water partition coefficient (Wildman–Crippen LogP) is 2.25. The van der Waals surface area contributed by atoms with Gasteiger partial charge in [-0.1, -0.05) is 0 Å². The second kappa shape index (κ2) is 4.16. The molecule has 0 unspecified atom stereocenters. The highest BCUT2D eigenvalue weighted by Crippen LogP contribution is 2.24. The van der Waals surface area contributed by atoms with Crippen molar-refractivity contribution in [2.24, 2.45) is 0 Å². The van der Waals surface area contributed by atoms with Crippen molar-refractivity contribution in [3.8, 4) is 22.5 Å². The van der Waals surface area contributed by atoms with Gasteiger partial charge in [-0.3, -0.25) is 9.59 Å². The van der Waals surface area contributed by atoms with Gasteiger partial charge in [-0.05, 0) is 22.9 Å². The van der Waals surface area contributed by atoms with Gasteiger partial charge >= 0.3 is 0 Å². The molecule has 0 N–H and O–H groups in total. The van der Waals surface area contributed by atoms with Crippen LogP contribution in [0.3, 0.4) is 0 Å². The molecule has 0 spiro atoms. The molecule has 0 radical (unpaired) electrons. The molecule has 0 atom stereocenters. The van der Waals surface area contributed by atoms with E-state index in [1.54, 1.807) is 0 Å². The van der Waals surface area contributed by atoms with Crippen LogP contribution in [0.2, 0.25) is 0 Å². The molecular weight excluding hydrogens is 292 g/mol. The summed E-state index contributed by atoms with van der Waals surface area (Å²) < 4.78 is 0. The van der Waals surface area contributed by atoms with E-state index in [1.807, 2.05) is 33.7 Å². The first-order chi connectivity index (χ1) is 9.75. The van der Waals surface area contributed by atoms with Crippen LogP contribution in [-0.4, -0.2) is 9.97 Å². The van der Waals surface area contributed by atoms with Crippen LogP contribution in [0.4, 0.5) is 0 Å².